The van der Waals surface area contributed by atoms with Crippen molar-refractivity contribution in [2.75, 3.05) is 0 Å². The van der Waals surface area contributed by atoms with Gasteiger partial charge in [0, 0.05) is 5.56 Å². The molecule has 1 aromatic carbocycles. The third kappa shape index (κ3) is 2.86. The fourth-order valence-electron chi connectivity index (χ4n) is 1.61. The van der Waals surface area contributed by atoms with Crippen LogP contribution in [0, 0.1) is 17.1 Å². The van der Waals surface area contributed by atoms with Crippen molar-refractivity contribution in [3.63, 3.8) is 0 Å². The second-order valence-electron chi connectivity index (χ2n) is 4.19. The molecule has 0 saturated carbocycles. The lowest BCUT2D eigenvalue weighted by Crippen LogP contribution is -2.05. The van der Waals surface area contributed by atoms with Crippen LogP contribution in [0.25, 0.3) is 11.3 Å². The van der Waals surface area contributed by atoms with E-state index in [-0.39, 0.29) is 17.5 Å². The summed E-state index contributed by atoms with van der Waals surface area (Å²) in [7, 11) is 0. The molecular formula is C14H12FN3O. The van der Waals surface area contributed by atoms with Gasteiger partial charge in [0.15, 0.2) is 11.5 Å². The predicted octanol–water partition coefficient (Wildman–Crippen LogP) is 2.94. The maximum atomic E-state index is 13.9. The van der Waals surface area contributed by atoms with Crippen molar-refractivity contribution in [3.05, 3.63) is 42.1 Å². The normalized spacial score (nSPS) is 10.3. The third-order valence-electron chi connectivity index (χ3n) is 2.39. The highest BCUT2D eigenvalue weighted by atomic mass is 19.1. The molecule has 0 atom stereocenters. The van der Waals surface area contributed by atoms with Gasteiger partial charge < -0.3 is 4.74 Å². The molecule has 0 radical (unpaired) electrons. The van der Waals surface area contributed by atoms with Crippen molar-refractivity contribution in [1.82, 2.24) is 9.97 Å². The van der Waals surface area contributed by atoms with E-state index in [1.54, 1.807) is 30.3 Å². The summed E-state index contributed by atoms with van der Waals surface area (Å²) < 4.78 is 19.4. The molecule has 19 heavy (non-hydrogen) atoms. The van der Waals surface area contributed by atoms with Gasteiger partial charge in [-0.1, -0.05) is 0 Å². The van der Waals surface area contributed by atoms with E-state index < -0.39 is 5.82 Å². The number of hydrogen-bond acceptors (Lipinski definition) is 4. The van der Waals surface area contributed by atoms with Crippen molar-refractivity contribution in [2.45, 2.75) is 20.0 Å². The number of aromatic nitrogens is 2. The van der Waals surface area contributed by atoms with Crippen LogP contribution in [0.1, 0.15) is 19.5 Å². The second kappa shape index (κ2) is 5.44. The Morgan fingerprint density at radius 2 is 1.89 bits per heavy atom. The summed E-state index contributed by atoms with van der Waals surface area (Å²) in [5, 5.41) is 8.73. The Morgan fingerprint density at radius 1 is 1.21 bits per heavy atom. The first kappa shape index (κ1) is 13.0. The molecule has 2 rings (SSSR count). The Morgan fingerprint density at radius 3 is 2.47 bits per heavy atom. The van der Waals surface area contributed by atoms with Crippen molar-refractivity contribution in [2.24, 2.45) is 0 Å². The predicted molar refractivity (Wildman–Crippen MR) is 67.9 cm³/mol. The number of benzene rings is 1. The number of ether oxygens (including phenoxy) is 1. The van der Waals surface area contributed by atoms with Gasteiger partial charge in [-0.3, -0.25) is 0 Å². The fraction of sp³-hybridized carbons (Fsp3) is 0.214. The zero-order valence-electron chi connectivity index (χ0n) is 10.6. The highest BCUT2D eigenvalue weighted by Crippen LogP contribution is 2.24. The van der Waals surface area contributed by atoms with E-state index in [1.807, 2.05) is 13.8 Å². The maximum absolute atomic E-state index is 13.9. The van der Waals surface area contributed by atoms with Gasteiger partial charge >= 0.3 is 0 Å². The quantitative estimate of drug-likeness (QED) is 0.848. The first-order chi connectivity index (χ1) is 9.11. The summed E-state index contributed by atoms with van der Waals surface area (Å²) in [6.07, 6.45) is 1.25. The van der Waals surface area contributed by atoms with Gasteiger partial charge in [-0.05, 0) is 38.1 Å². The van der Waals surface area contributed by atoms with Gasteiger partial charge in [-0.2, -0.15) is 5.26 Å². The molecule has 0 aliphatic carbocycles. The average Bonchev–Trinajstić information content (AvgIpc) is 2.39. The Kier molecular flexibility index (Phi) is 3.71. The third-order valence-corrected chi connectivity index (χ3v) is 2.39. The largest absolute Gasteiger partial charge is 0.491 e. The Balaban J connectivity index is 2.35. The van der Waals surface area contributed by atoms with Gasteiger partial charge in [-0.25, -0.2) is 14.4 Å². The fourth-order valence-corrected chi connectivity index (χ4v) is 1.61. The number of halogens is 1. The Labute approximate surface area is 110 Å². The Bertz CT molecular complexity index is 618. The molecule has 96 valence electrons. The van der Waals surface area contributed by atoms with Gasteiger partial charge in [0.1, 0.15) is 23.8 Å². The molecule has 0 fully saturated rings. The molecular weight excluding hydrogens is 245 g/mol. The number of rotatable bonds is 3. The van der Waals surface area contributed by atoms with Crippen LogP contribution in [0.4, 0.5) is 4.39 Å². The first-order valence-corrected chi connectivity index (χ1v) is 5.79. The minimum atomic E-state index is -0.706. The molecule has 0 N–H and O–H groups in total. The van der Waals surface area contributed by atoms with Gasteiger partial charge in [-0.15, -0.1) is 0 Å². The van der Waals surface area contributed by atoms with Crippen LogP contribution < -0.4 is 4.74 Å². The van der Waals surface area contributed by atoms with Crippen LogP contribution in [0.3, 0.4) is 0 Å². The highest BCUT2D eigenvalue weighted by Gasteiger charge is 2.12. The van der Waals surface area contributed by atoms with Crippen molar-refractivity contribution < 1.29 is 9.13 Å². The average molecular weight is 257 g/mol. The van der Waals surface area contributed by atoms with E-state index in [0.29, 0.717) is 11.3 Å². The highest BCUT2D eigenvalue weighted by molar-refractivity contribution is 5.61. The summed E-state index contributed by atoms with van der Waals surface area (Å²) in [6.45, 7) is 3.86. The van der Waals surface area contributed by atoms with E-state index in [0.717, 1.165) is 0 Å². The number of nitriles is 1. The molecule has 0 saturated heterocycles. The number of hydrogen-bond donors (Lipinski definition) is 0. The van der Waals surface area contributed by atoms with Crippen LogP contribution in [-0.2, 0) is 0 Å². The molecule has 0 bridgehead atoms. The van der Waals surface area contributed by atoms with Crippen LogP contribution in [0.15, 0.2) is 30.6 Å². The zero-order valence-corrected chi connectivity index (χ0v) is 10.6. The Hall–Kier alpha value is -2.48. The SMILES string of the molecule is CC(C)Oc1ccc(-c2ncnc(C#N)c2F)cc1. The lowest BCUT2D eigenvalue weighted by Gasteiger charge is -2.10. The van der Waals surface area contributed by atoms with Crippen LogP contribution in [0.5, 0.6) is 5.75 Å². The molecule has 5 heteroatoms. The minimum absolute atomic E-state index is 0.0758. The van der Waals surface area contributed by atoms with Gasteiger partial charge in [0.05, 0.1) is 6.10 Å². The maximum Gasteiger partial charge on any atom is 0.185 e. The van der Waals surface area contributed by atoms with Crippen LogP contribution >= 0.6 is 0 Å². The van der Waals surface area contributed by atoms with E-state index in [4.69, 9.17) is 10.00 Å². The molecule has 4 nitrogen and oxygen atoms in total. The van der Waals surface area contributed by atoms with Gasteiger partial charge in [0.2, 0.25) is 0 Å². The summed E-state index contributed by atoms with van der Waals surface area (Å²) in [5.41, 5.74) is 0.433. The summed E-state index contributed by atoms with van der Waals surface area (Å²) in [4.78, 5) is 7.44. The van der Waals surface area contributed by atoms with E-state index in [1.165, 1.54) is 6.33 Å². The van der Waals surface area contributed by atoms with Crippen molar-refractivity contribution in [1.29, 1.82) is 5.26 Å². The molecule has 2 aromatic rings. The summed E-state index contributed by atoms with van der Waals surface area (Å²) >= 11 is 0. The second-order valence-corrected chi connectivity index (χ2v) is 4.19. The molecule has 1 aromatic heterocycles. The van der Waals surface area contributed by atoms with E-state index >= 15 is 0 Å². The van der Waals surface area contributed by atoms with Crippen LogP contribution in [0.2, 0.25) is 0 Å². The van der Waals surface area contributed by atoms with Gasteiger partial charge in [0.25, 0.3) is 0 Å². The van der Waals surface area contributed by atoms with Crippen LogP contribution in [-0.4, -0.2) is 16.1 Å². The minimum Gasteiger partial charge on any atom is -0.491 e. The molecule has 0 amide bonds. The van der Waals surface area contributed by atoms with Crippen molar-refractivity contribution in [3.8, 4) is 23.1 Å². The molecule has 0 unspecified atom stereocenters. The van der Waals surface area contributed by atoms with Crippen molar-refractivity contribution >= 4 is 0 Å². The van der Waals surface area contributed by atoms with E-state index in [2.05, 4.69) is 9.97 Å². The monoisotopic (exact) mass is 257 g/mol. The number of nitrogens with zero attached hydrogens (tertiary/aromatic N) is 3. The molecule has 0 aliphatic heterocycles. The van der Waals surface area contributed by atoms with E-state index in [9.17, 15) is 4.39 Å². The summed E-state index contributed by atoms with van der Waals surface area (Å²) in [6, 6.07) is 8.57. The first-order valence-electron chi connectivity index (χ1n) is 5.79. The summed E-state index contributed by atoms with van der Waals surface area (Å²) in [5.74, 6) is -0.00347. The molecule has 1 heterocycles. The lowest BCUT2D eigenvalue weighted by molar-refractivity contribution is 0.242. The topological polar surface area (TPSA) is 58.8 Å². The smallest absolute Gasteiger partial charge is 0.185 e. The zero-order chi connectivity index (χ0) is 13.8. The standard InChI is InChI=1S/C14H12FN3O/c1-9(2)19-11-5-3-10(4-6-11)14-13(15)12(7-16)17-8-18-14/h3-6,8-9H,1-2H3. The molecule has 0 spiro atoms. The molecule has 0 aliphatic rings. The lowest BCUT2D eigenvalue weighted by atomic mass is 10.1.